The average molecular weight is 386 g/mol. The molecular weight excluding hydrogens is 371 g/mol. The summed E-state index contributed by atoms with van der Waals surface area (Å²) in [5, 5.41) is 2.57. The van der Waals surface area contributed by atoms with Gasteiger partial charge in [-0.2, -0.15) is 0 Å². The van der Waals surface area contributed by atoms with Gasteiger partial charge in [-0.25, -0.2) is 9.18 Å². The van der Waals surface area contributed by atoms with Crippen molar-refractivity contribution in [1.29, 1.82) is 0 Å². The van der Waals surface area contributed by atoms with Gasteiger partial charge in [-0.05, 0) is 59.8 Å². The molecular formula is C19H15FN2O4S. The normalized spacial score (nSPS) is 15.3. The van der Waals surface area contributed by atoms with Crippen LogP contribution >= 0.6 is 11.8 Å². The van der Waals surface area contributed by atoms with Gasteiger partial charge in [-0.3, -0.25) is 14.5 Å². The van der Waals surface area contributed by atoms with Gasteiger partial charge in [0.25, 0.3) is 11.1 Å². The van der Waals surface area contributed by atoms with Crippen LogP contribution in [-0.4, -0.2) is 35.8 Å². The Bertz CT molecular complexity index is 910. The maximum absolute atomic E-state index is 13.0. The molecule has 27 heavy (non-hydrogen) atoms. The van der Waals surface area contributed by atoms with Crippen molar-refractivity contribution in [2.45, 2.75) is 0 Å². The van der Waals surface area contributed by atoms with Gasteiger partial charge >= 0.3 is 5.97 Å². The third kappa shape index (κ3) is 4.35. The highest BCUT2D eigenvalue weighted by atomic mass is 32.2. The molecule has 0 spiro atoms. The maximum Gasteiger partial charge on any atom is 0.337 e. The lowest BCUT2D eigenvalue weighted by atomic mass is 10.2. The number of halogens is 1. The summed E-state index contributed by atoms with van der Waals surface area (Å²) >= 11 is 0.829. The molecule has 1 fully saturated rings. The Labute approximate surface area is 159 Å². The lowest BCUT2D eigenvalue weighted by Crippen LogP contribution is -2.33. The number of amides is 2. The number of nitrogens with zero attached hydrogens (tertiary/aromatic N) is 1. The Balaban J connectivity index is 1.65. The maximum atomic E-state index is 13.0. The quantitative estimate of drug-likeness (QED) is 0.624. The van der Waals surface area contributed by atoms with Crippen LogP contribution in [0.3, 0.4) is 0 Å². The molecule has 6 nitrogen and oxygen atoms in total. The van der Waals surface area contributed by atoms with Crippen LogP contribution in [-0.2, 0) is 9.53 Å². The SMILES string of the molecule is COC(=O)c1ccc(NCN2C(=O)S/C(=C/c3ccc(F)cc3)C2=O)cc1. The van der Waals surface area contributed by atoms with Crippen LogP contribution < -0.4 is 5.32 Å². The summed E-state index contributed by atoms with van der Waals surface area (Å²) in [4.78, 5) is 37.3. The average Bonchev–Trinajstić information content (AvgIpc) is 2.94. The number of rotatable bonds is 5. The summed E-state index contributed by atoms with van der Waals surface area (Å²) in [6.45, 7) is -0.0109. The number of thioether (sulfide) groups is 1. The van der Waals surface area contributed by atoms with E-state index in [9.17, 15) is 18.8 Å². The van der Waals surface area contributed by atoms with E-state index in [4.69, 9.17) is 0 Å². The van der Waals surface area contributed by atoms with Crippen LogP contribution in [0.1, 0.15) is 15.9 Å². The second-order valence-electron chi connectivity index (χ2n) is 5.57. The van der Waals surface area contributed by atoms with E-state index in [2.05, 4.69) is 10.1 Å². The zero-order chi connectivity index (χ0) is 19.4. The molecule has 0 saturated carbocycles. The zero-order valence-electron chi connectivity index (χ0n) is 14.3. The molecule has 138 valence electrons. The van der Waals surface area contributed by atoms with Crippen LogP contribution in [0, 0.1) is 5.82 Å². The standard InChI is InChI=1S/C19H15FN2O4S/c1-26-18(24)13-4-8-15(9-5-13)21-11-22-17(23)16(27-19(22)25)10-12-2-6-14(20)7-3-12/h2-10,21H,11H2,1H3/b16-10+. The molecule has 0 aliphatic carbocycles. The summed E-state index contributed by atoms with van der Waals surface area (Å²) in [6, 6.07) is 12.1. The van der Waals surface area contributed by atoms with Gasteiger partial charge in [0.1, 0.15) is 5.82 Å². The number of hydrogen-bond donors (Lipinski definition) is 1. The first-order valence-electron chi connectivity index (χ1n) is 7.91. The smallest absolute Gasteiger partial charge is 0.337 e. The Kier molecular flexibility index (Phi) is 5.56. The first-order valence-corrected chi connectivity index (χ1v) is 8.73. The second-order valence-corrected chi connectivity index (χ2v) is 6.56. The van der Waals surface area contributed by atoms with E-state index in [1.165, 1.54) is 31.4 Å². The van der Waals surface area contributed by atoms with E-state index in [0.717, 1.165) is 16.7 Å². The molecule has 0 unspecified atom stereocenters. The predicted octanol–water partition coefficient (Wildman–Crippen LogP) is 3.72. The number of carbonyl (C=O) groups excluding carboxylic acids is 3. The molecule has 0 atom stereocenters. The van der Waals surface area contributed by atoms with Crippen LogP contribution in [0.4, 0.5) is 14.9 Å². The first kappa shape index (κ1) is 18.7. The van der Waals surface area contributed by atoms with Crippen LogP contribution in [0.25, 0.3) is 6.08 Å². The van der Waals surface area contributed by atoms with Crippen molar-refractivity contribution in [3.8, 4) is 0 Å². The number of benzene rings is 2. The number of nitrogens with one attached hydrogen (secondary N) is 1. The molecule has 2 aromatic rings. The molecule has 1 heterocycles. The number of esters is 1. The van der Waals surface area contributed by atoms with E-state index in [0.29, 0.717) is 16.8 Å². The van der Waals surface area contributed by atoms with Gasteiger partial charge in [0.15, 0.2) is 0 Å². The van der Waals surface area contributed by atoms with Crippen molar-refractivity contribution >= 4 is 40.6 Å². The van der Waals surface area contributed by atoms with Crippen molar-refractivity contribution in [3.63, 3.8) is 0 Å². The highest BCUT2D eigenvalue weighted by Gasteiger charge is 2.34. The number of ether oxygens (including phenoxy) is 1. The number of anilines is 1. The van der Waals surface area contributed by atoms with Gasteiger partial charge in [0.2, 0.25) is 0 Å². The van der Waals surface area contributed by atoms with Crippen molar-refractivity contribution in [2.75, 3.05) is 19.1 Å². The molecule has 1 N–H and O–H groups in total. The van der Waals surface area contributed by atoms with Crippen molar-refractivity contribution in [1.82, 2.24) is 4.90 Å². The van der Waals surface area contributed by atoms with E-state index in [-0.39, 0.29) is 17.4 Å². The minimum absolute atomic E-state index is 0.0109. The molecule has 2 amide bonds. The van der Waals surface area contributed by atoms with E-state index in [1.807, 2.05) is 0 Å². The van der Waals surface area contributed by atoms with Crippen LogP contribution in [0.5, 0.6) is 0 Å². The number of imide groups is 1. The van der Waals surface area contributed by atoms with Crippen molar-refractivity contribution in [3.05, 3.63) is 70.4 Å². The van der Waals surface area contributed by atoms with Crippen LogP contribution in [0.15, 0.2) is 53.4 Å². The first-order chi connectivity index (χ1) is 13.0. The highest BCUT2D eigenvalue weighted by molar-refractivity contribution is 8.18. The lowest BCUT2D eigenvalue weighted by molar-refractivity contribution is -0.122. The fourth-order valence-electron chi connectivity index (χ4n) is 2.36. The lowest BCUT2D eigenvalue weighted by Gasteiger charge is -2.14. The molecule has 0 aromatic heterocycles. The monoisotopic (exact) mass is 386 g/mol. The molecule has 0 bridgehead atoms. The Morgan fingerprint density at radius 3 is 2.44 bits per heavy atom. The topological polar surface area (TPSA) is 75.7 Å². The Morgan fingerprint density at radius 1 is 1.15 bits per heavy atom. The van der Waals surface area contributed by atoms with Gasteiger partial charge < -0.3 is 10.1 Å². The van der Waals surface area contributed by atoms with E-state index >= 15 is 0 Å². The van der Waals surface area contributed by atoms with E-state index < -0.39 is 17.1 Å². The fraction of sp³-hybridized carbons (Fsp3) is 0.105. The Morgan fingerprint density at radius 2 is 1.81 bits per heavy atom. The summed E-state index contributed by atoms with van der Waals surface area (Å²) in [5.74, 6) is -1.24. The minimum Gasteiger partial charge on any atom is -0.465 e. The zero-order valence-corrected chi connectivity index (χ0v) is 15.1. The molecule has 1 aliphatic rings. The van der Waals surface area contributed by atoms with Crippen LogP contribution in [0.2, 0.25) is 0 Å². The molecule has 0 radical (unpaired) electrons. The van der Waals surface area contributed by atoms with Crippen molar-refractivity contribution in [2.24, 2.45) is 0 Å². The molecule has 1 saturated heterocycles. The molecule has 2 aromatic carbocycles. The number of methoxy groups -OCH3 is 1. The summed E-state index contributed by atoms with van der Waals surface area (Å²) in [6.07, 6.45) is 1.55. The van der Waals surface area contributed by atoms with Crippen molar-refractivity contribution < 1.29 is 23.5 Å². The fourth-order valence-corrected chi connectivity index (χ4v) is 3.20. The third-order valence-corrected chi connectivity index (χ3v) is 4.70. The second kappa shape index (κ2) is 8.05. The van der Waals surface area contributed by atoms with Gasteiger partial charge in [0, 0.05) is 5.69 Å². The minimum atomic E-state index is -0.446. The predicted molar refractivity (Wildman–Crippen MR) is 100 cm³/mol. The third-order valence-electron chi connectivity index (χ3n) is 3.79. The molecule has 8 heteroatoms. The number of carbonyl (C=O) groups is 3. The van der Waals surface area contributed by atoms with Gasteiger partial charge in [0.05, 0.1) is 24.2 Å². The summed E-state index contributed by atoms with van der Waals surface area (Å²) < 4.78 is 17.6. The molecule has 1 aliphatic heterocycles. The molecule has 3 rings (SSSR count). The van der Waals surface area contributed by atoms with E-state index in [1.54, 1.807) is 30.3 Å². The number of hydrogen-bond acceptors (Lipinski definition) is 6. The highest BCUT2D eigenvalue weighted by Crippen LogP contribution is 2.32. The largest absolute Gasteiger partial charge is 0.465 e. The van der Waals surface area contributed by atoms with Gasteiger partial charge in [-0.1, -0.05) is 12.1 Å². The van der Waals surface area contributed by atoms with Gasteiger partial charge in [-0.15, -0.1) is 0 Å². The Hall–Kier alpha value is -3.13. The summed E-state index contributed by atoms with van der Waals surface area (Å²) in [7, 11) is 1.30. The summed E-state index contributed by atoms with van der Waals surface area (Å²) in [5.41, 5.74) is 1.67.